The molecular weight excluding hydrogens is 379 g/mol. The van der Waals surface area contributed by atoms with Crippen LogP contribution >= 0.6 is 7.37 Å². The minimum absolute atomic E-state index is 0.222. The highest BCUT2D eigenvalue weighted by molar-refractivity contribution is 7.83. The van der Waals surface area contributed by atoms with Gasteiger partial charge in [-0.05, 0) is 54.2 Å². The normalized spacial score (nSPS) is 13.6. The highest BCUT2D eigenvalue weighted by Gasteiger charge is 2.40. The quantitative estimate of drug-likeness (QED) is 0.459. The molecule has 0 heterocycles. The van der Waals surface area contributed by atoms with E-state index < -0.39 is 12.9 Å². The molecule has 0 aromatic heterocycles. The van der Waals surface area contributed by atoms with Crippen molar-refractivity contribution in [1.82, 2.24) is 0 Å². The SMILES string of the molecule is Cc1cccc(C)c1C(=O)P(=O)(Oc1ccccc1C(C)(C)C)c1ccccc1. The number of benzene rings is 3. The van der Waals surface area contributed by atoms with E-state index in [1.807, 2.05) is 56.3 Å². The molecule has 150 valence electrons. The molecular formula is C25H27O3P. The van der Waals surface area contributed by atoms with Crippen LogP contribution in [0.25, 0.3) is 0 Å². The first-order chi connectivity index (χ1) is 13.6. The Hall–Kier alpha value is -2.64. The number of para-hydroxylation sites is 1. The van der Waals surface area contributed by atoms with Crippen LogP contribution in [0.4, 0.5) is 0 Å². The average Bonchev–Trinajstić information content (AvgIpc) is 2.68. The second kappa shape index (κ2) is 8.00. The molecule has 0 bridgehead atoms. The van der Waals surface area contributed by atoms with E-state index in [2.05, 4.69) is 20.8 Å². The topological polar surface area (TPSA) is 43.4 Å². The van der Waals surface area contributed by atoms with Crippen molar-refractivity contribution in [1.29, 1.82) is 0 Å². The maximum absolute atomic E-state index is 14.3. The summed E-state index contributed by atoms with van der Waals surface area (Å²) in [7, 11) is -3.90. The molecule has 0 saturated heterocycles. The van der Waals surface area contributed by atoms with Gasteiger partial charge in [-0.15, -0.1) is 0 Å². The van der Waals surface area contributed by atoms with E-state index in [9.17, 15) is 9.36 Å². The van der Waals surface area contributed by atoms with Gasteiger partial charge in [0.25, 0.3) is 5.52 Å². The van der Waals surface area contributed by atoms with Crippen LogP contribution in [-0.2, 0) is 9.98 Å². The van der Waals surface area contributed by atoms with Crippen molar-refractivity contribution in [2.75, 3.05) is 0 Å². The van der Waals surface area contributed by atoms with Crippen molar-refractivity contribution < 1.29 is 13.9 Å². The van der Waals surface area contributed by atoms with Gasteiger partial charge in [0.2, 0.25) is 0 Å². The van der Waals surface area contributed by atoms with E-state index in [0.29, 0.717) is 16.6 Å². The van der Waals surface area contributed by atoms with Crippen molar-refractivity contribution in [2.45, 2.75) is 40.0 Å². The molecule has 0 saturated carbocycles. The molecule has 0 aliphatic heterocycles. The predicted molar refractivity (Wildman–Crippen MR) is 120 cm³/mol. The predicted octanol–water partition coefficient (Wildman–Crippen LogP) is 6.42. The third kappa shape index (κ3) is 4.21. The summed E-state index contributed by atoms with van der Waals surface area (Å²) in [5.41, 5.74) is 2.26. The number of hydrogen-bond donors (Lipinski definition) is 0. The molecule has 3 aromatic rings. The molecule has 1 atom stereocenters. The average molecular weight is 406 g/mol. The third-order valence-corrected chi connectivity index (χ3v) is 7.17. The van der Waals surface area contributed by atoms with Crippen LogP contribution in [0.15, 0.2) is 72.8 Å². The van der Waals surface area contributed by atoms with Crippen molar-refractivity contribution >= 4 is 18.2 Å². The Morgan fingerprint density at radius 3 is 1.93 bits per heavy atom. The lowest BCUT2D eigenvalue weighted by Crippen LogP contribution is -2.21. The summed E-state index contributed by atoms with van der Waals surface area (Å²) in [6.45, 7) is 9.92. The molecule has 1 unspecified atom stereocenters. The van der Waals surface area contributed by atoms with Crippen LogP contribution in [0.2, 0.25) is 0 Å². The summed E-state index contributed by atoms with van der Waals surface area (Å²) in [5.74, 6) is 0.478. The van der Waals surface area contributed by atoms with Crippen molar-refractivity contribution in [2.24, 2.45) is 0 Å². The molecule has 0 fully saturated rings. The molecule has 4 heteroatoms. The minimum Gasteiger partial charge on any atom is -0.435 e. The van der Waals surface area contributed by atoms with Crippen molar-refractivity contribution in [3.8, 4) is 5.75 Å². The van der Waals surface area contributed by atoms with Gasteiger partial charge in [-0.1, -0.05) is 75.4 Å². The van der Waals surface area contributed by atoms with Crippen molar-refractivity contribution in [3.05, 3.63) is 95.1 Å². The second-order valence-corrected chi connectivity index (χ2v) is 10.5. The van der Waals surface area contributed by atoms with Crippen LogP contribution < -0.4 is 9.83 Å². The van der Waals surface area contributed by atoms with Gasteiger partial charge in [0.05, 0.1) is 5.30 Å². The summed E-state index contributed by atoms with van der Waals surface area (Å²) in [4.78, 5) is 13.7. The highest BCUT2D eigenvalue weighted by atomic mass is 31.2. The molecule has 0 radical (unpaired) electrons. The second-order valence-electron chi connectivity index (χ2n) is 8.30. The van der Waals surface area contributed by atoms with E-state index in [1.165, 1.54) is 0 Å². The fourth-order valence-electron chi connectivity index (χ4n) is 3.44. The van der Waals surface area contributed by atoms with Crippen LogP contribution in [-0.4, -0.2) is 5.52 Å². The van der Waals surface area contributed by atoms with Gasteiger partial charge >= 0.3 is 7.37 Å². The van der Waals surface area contributed by atoms with E-state index in [4.69, 9.17) is 4.52 Å². The molecule has 0 spiro atoms. The van der Waals surface area contributed by atoms with Crippen molar-refractivity contribution in [3.63, 3.8) is 0 Å². The van der Waals surface area contributed by atoms with Crippen LogP contribution in [0.3, 0.4) is 0 Å². The molecule has 3 nitrogen and oxygen atoms in total. The maximum atomic E-state index is 14.3. The molecule has 3 aromatic carbocycles. The van der Waals surface area contributed by atoms with E-state index in [0.717, 1.165) is 16.7 Å². The Morgan fingerprint density at radius 2 is 1.34 bits per heavy atom. The minimum atomic E-state index is -3.90. The Morgan fingerprint density at radius 1 is 0.793 bits per heavy atom. The van der Waals surface area contributed by atoms with Gasteiger partial charge < -0.3 is 4.52 Å². The summed E-state index contributed by atoms with van der Waals surface area (Å²) in [6, 6.07) is 21.9. The smallest absolute Gasteiger partial charge is 0.346 e. The fraction of sp³-hybridized carbons (Fsp3) is 0.240. The lowest BCUT2D eigenvalue weighted by Gasteiger charge is -2.26. The van der Waals surface area contributed by atoms with Gasteiger partial charge in [0.1, 0.15) is 5.75 Å². The Labute approximate surface area is 173 Å². The van der Waals surface area contributed by atoms with Gasteiger partial charge in [-0.3, -0.25) is 9.36 Å². The fourth-order valence-corrected chi connectivity index (χ4v) is 5.51. The summed E-state index contributed by atoms with van der Waals surface area (Å²) in [6.07, 6.45) is 0. The van der Waals surface area contributed by atoms with Crippen LogP contribution in [0.5, 0.6) is 5.75 Å². The van der Waals surface area contributed by atoms with E-state index in [-0.39, 0.29) is 5.41 Å². The number of aryl methyl sites for hydroxylation is 2. The lowest BCUT2D eigenvalue weighted by atomic mass is 9.86. The molecule has 0 aliphatic rings. The third-order valence-electron chi connectivity index (χ3n) is 4.98. The Kier molecular flexibility index (Phi) is 5.82. The Balaban J connectivity index is 2.20. The Bertz CT molecular complexity index is 1060. The zero-order valence-corrected chi connectivity index (χ0v) is 18.5. The standard InChI is InChI=1S/C25H27O3P/c1-18-12-11-13-19(2)23(18)24(26)29(27,20-14-7-6-8-15-20)28-22-17-10-9-16-21(22)25(3,4)5/h6-17H,1-5H3. The molecule has 3 rings (SSSR count). The van der Waals surface area contributed by atoms with Gasteiger partial charge in [-0.2, -0.15) is 0 Å². The molecule has 0 amide bonds. The number of carbonyl (C=O) groups excluding carboxylic acids is 1. The first-order valence-corrected chi connectivity index (χ1v) is 11.3. The van der Waals surface area contributed by atoms with E-state index in [1.54, 1.807) is 30.3 Å². The zero-order valence-electron chi connectivity index (χ0n) is 17.6. The molecule has 0 aliphatic carbocycles. The maximum Gasteiger partial charge on any atom is 0.346 e. The summed E-state index contributed by atoms with van der Waals surface area (Å²) in [5, 5.41) is 0.399. The number of rotatable bonds is 5. The molecule has 29 heavy (non-hydrogen) atoms. The lowest BCUT2D eigenvalue weighted by molar-refractivity contribution is 0.106. The van der Waals surface area contributed by atoms with E-state index >= 15 is 0 Å². The zero-order chi connectivity index (χ0) is 21.2. The number of carbonyl (C=O) groups is 1. The van der Waals surface area contributed by atoms with Gasteiger partial charge in [0, 0.05) is 5.56 Å². The largest absolute Gasteiger partial charge is 0.435 e. The first-order valence-electron chi connectivity index (χ1n) is 9.70. The monoisotopic (exact) mass is 406 g/mol. The highest BCUT2D eigenvalue weighted by Crippen LogP contribution is 2.51. The first kappa shape index (κ1) is 21.1. The summed E-state index contributed by atoms with van der Waals surface area (Å²) < 4.78 is 20.5. The van der Waals surface area contributed by atoms with Crippen LogP contribution in [0.1, 0.15) is 47.8 Å². The summed E-state index contributed by atoms with van der Waals surface area (Å²) >= 11 is 0. The molecule has 0 N–H and O–H groups in total. The van der Waals surface area contributed by atoms with Gasteiger partial charge in [0.15, 0.2) is 0 Å². The number of hydrogen-bond acceptors (Lipinski definition) is 3. The van der Waals surface area contributed by atoms with Crippen LogP contribution in [0, 0.1) is 13.8 Å². The van der Waals surface area contributed by atoms with Gasteiger partial charge in [-0.25, -0.2) is 0 Å².